The van der Waals surface area contributed by atoms with Crippen molar-refractivity contribution in [3.05, 3.63) is 12.3 Å². The first kappa shape index (κ1) is 13.2. The smallest absolute Gasteiger partial charge is 0.249 e. The van der Waals surface area contributed by atoms with E-state index in [1.54, 1.807) is 6.20 Å². The number of hydrogen-bond acceptors (Lipinski definition) is 1. The Labute approximate surface area is 87.4 Å². The highest BCUT2D eigenvalue weighted by molar-refractivity contribution is 5.93. The van der Waals surface area contributed by atoms with Gasteiger partial charge in [0.25, 0.3) is 0 Å². The van der Waals surface area contributed by atoms with Crippen LogP contribution in [0.5, 0.6) is 0 Å². The Morgan fingerprint density at radius 2 is 1.79 bits per heavy atom. The molecule has 3 heteroatoms. The minimum absolute atomic E-state index is 0.00463. The zero-order valence-corrected chi connectivity index (χ0v) is 10.0. The molecule has 0 saturated heterocycles. The van der Waals surface area contributed by atoms with Crippen molar-refractivity contribution in [3.8, 4) is 0 Å². The van der Waals surface area contributed by atoms with E-state index in [9.17, 15) is 4.79 Å². The van der Waals surface area contributed by atoms with E-state index >= 15 is 0 Å². The largest absolute Gasteiger partial charge is 0.331 e. The molecular formula is C11H23N2O+. The van der Waals surface area contributed by atoms with E-state index < -0.39 is 0 Å². The van der Waals surface area contributed by atoms with Gasteiger partial charge in [0.05, 0.1) is 27.7 Å². The lowest BCUT2D eigenvalue weighted by atomic mass is 10.1. The molecule has 0 aromatic carbocycles. The maximum atomic E-state index is 9.70. The summed E-state index contributed by atoms with van der Waals surface area (Å²) < 4.78 is 1.10. The summed E-state index contributed by atoms with van der Waals surface area (Å²) in [6.07, 6.45) is 4.41. The number of rotatable bonds is 3. The minimum Gasteiger partial charge on any atom is -0.331 e. The standard InChI is InChI=1S/C8H20N.C3H3NO/c1-8(2)6-7-9(3,4)5;5-3-1-2-4-3/h8H,6-7H2,1-5H3;1-2H,(H,4,5)/q+1;. The molecule has 82 valence electrons. The van der Waals surface area contributed by atoms with Crippen LogP contribution in [-0.2, 0) is 4.79 Å². The van der Waals surface area contributed by atoms with Crippen LogP contribution in [0.2, 0.25) is 0 Å². The maximum absolute atomic E-state index is 9.70. The lowest BCUT2D eigenvalue weighted by molar-refractivity contribution is -0.870. The average Bonchev–Trinajstić information content (AvgIpc) is 1.97. The fraction of sp³-hybridized carbons (Fsp3) is 0.727. The molecule has 0 spiro atoms. The molecule has 1 aliphatic heterocycles. The van der Waals surface area contributed by atoms with Crippen LogP contribution in [0, 0.1) is 5.92 Å². The van der Waals surface area contributed by atoms with E-state index in [2.05, 4.69) is 40.3 Å². The van der Waals surface area contributed by atoms with Crippen molar-refractivity contribution in [2.45, 2.75) is 20.3 Å². The van der Waals surface area contributed by atoms with Gasteiger partial charge in [-0.1, -0.05) is 13.8 Å². The van der Waals surface area contributed by atoms with Crippen LogP contribution in [0.4, 0.5) is 0 Å². The SMILES string of the molecule is CC(C)CC[N+](C)(C)C.O=C1C=CN1. The first-order valence-electron chi connectivity index (χ1n) is 5.09. The molecule has 0 bridgehead atoms. The molecule has 0 aliphatic carbocycles. The molecule has 3 nitrogen and oxygen atoms in total. The highest BCUT2D eigenvalue weighted by atomic mass is 16.2. The molecule has 1 rings (SSSR count). The average molecular weight is 199 g/mol. The van der Waals surface area contributed by atoms with Gasteiger partial charge in [-0.25, -0.2) is 0 Å². The summed E-state index contributed by atoms with van der Waals surface area (Å²) in [6, 6.07) is 0. The van der Waals surface area contributed by atoms with Crippen LogP contribution < -0.4 is 5.32 Å². The molecule has 0 fully saturated rings. The van der Waals surface area contributed by atoms with Crippen LogP contribution in [-0.4, -0.2) is 38.1 Å². The number of hydrogen-bond donors (Lipinski definition) is 1. The van der Waals surface area contributed by atoms with Gasteiger partial charge in [-0.05, 0) is 12.3 Å². The quantitative estimate of drug-likeness (QED) is 0.683. The summed E-state index contributed by atoms with van der Waals surface area (Å²) >= 11 is 0. The molecule has 1 heterocycles. The van der Waals surface area contributed by atoms with Crippen molar-refractivity contribution in [2.75, 3.05) is 27.7 Å². The van der Waals surface area contributed by atoms with E-state index in [1.807, 2.05) is 0 Å². The number of nitrogens with zero attached hydrogens (tertiary/aromatic N) is 1. The van der Waals surface area contributed by atoms with Crippen molar-refractivity contribution < 1.29 is 9.28 Å². The van der Waals surface area contributed by atoms with Gasteiger partial charge in [0, 0.05) is 12.3 Å². The molecule has 1 aliphatic rings. The predicted octanol–water partition coefficient (Wildman–Crippen LogP) is 1.37. The van der Waals surface area contributed by atoms with Crippen LogP contribution in [0.3, 0.4) is 0 Å². The van der Waals surface area contributed by atoms with E-state index in [4.69, 9.17) is 0 Å². The van der Waals surface area contributed by atoms with Gasteiger partial charge >= 0.3 is 0 Å². The van der Waals surface area contributed by atoms with Gasteiger partial charge in [0.1, 0.15) is 0 Å². The molecule has 0 atom stereocenters. The van der Waals surface area contributed by atoms with Gasteiger partial charge in [0.2, 0.25) is 5.91 Å². The maximum Gasteiger partial charge on any atom is 0.249 e. The monoisotopic (exact) mass is 199 g/mol. The van der Waals surface area contributed by atoms with Crippen LogP contribution in [0.25, 0.3) is 0 Å². The number of quaternary nitrogens is 1. The van der Waals surface area contributed by atoms with Gasteiger partial charge < -0.3 is 9.80 Å². The van der Waals surface area contributed by atoms with Gasteiger partial charge in [-0.15, -0.1) is 0 Å². The summed E-state index contributed by atoms with van der Waals surface area (Å²) in [7, 11) is 6.72. The number of carbonyl (C=O) groups excluding carboxylic acids is 1. The lowest BCUT2D eigenvalue weighted by Crippen LogP contribution is -2.35. The Hall–Kier alpha value is -0.830. The summed E-state index contributed by atoms with van der Waals surface area (Å²) in [5.41, 5.74) is 0. The molecule has 14 heavy (non-hydrogen) atoms. The lowest BCUT2D eigenvalue weighted by Gasteiger charge is -2.24. The third-order valence-corrected chi connectivity index (χ3v) is 1.84. The zero-order chi connectivity index (χ0) is 11.2. The molecule has 0 aromatic heterocycles. The normalized spacial score (nSPS) is 14.3. The molecular weight excluding hydrogens is 176 g/mol. The fourth-order valence-corrected chi connectivity index (χ4v) is 0.797. The van der Waals surface area contributed by atoms with E-state index in [-0.39, 0.29) is 5.91 Å². The minimum atomic E-state index is 0.00463. The molecule has 0 aromatic rings. The van der Waals surface area contributed by atoms with Gasteiger partial charge in [-0.2, -0.15) is 0 Å². The van der Waals surface area contributed by atoms with Crippen molar-refractivity contribution in [1.82, 2.24) is 5.32 Å². The zero-order valence-electron chi connectivity index (χ0n) is 10.0. The second-order valence-corrected chi connectivity index (χ2v) is 5.04. The molecule has 1 amide bonds. The molecule has 1 N–H and O–H groups in total. The van der Waals surface area contributed by atoms with E-state index in [1.165, 1.54) is 19.0 Å². The predicted molar refractivity (Wildman–Crippen MR) is 59.6 cm³/mol. The number of amides is 1. The summed E-state index contributed by atoms with van der Waals surface area (Å²) in [5, 5.41) is 2.39. The molecule has 0 saturated carbocycles. The Balaban J connectivity index is 0.000000280. The third kappa shape index (κ3) is 9.26. The molecule has 0 unspecified atom stereocenters. The van der Waals surface area contributed by atoms with Crippen molar-refractivity contribution >= 4 is 5.91 Å². The van der Waals surface area contributed by atoms with Crippen molar-refractivity contribution in [3.63, 3.8) is 0 Å². The second-order valence-electron chi connectivity index (χ2n) is 5.04. The first-order valence-corrected chi connectivity index (χ1v) is 5.09. The number of carbonyl (C=O) groups is 1. The topological polar surface area (TPSA) is 29.1 Å². The van der Waals surface area contributed by atoms with Crippen molar-refractivity contribution in [2.24, 2.45) is 5.92 Å². The van der Waals surface area contributed by atoms with Crippen molar-refractivity contribution in [1.29, 1.82) is 0 Å². The number of nitrogens with one attached hydrogen (secondary N) is 1. The van der Waals surface area contributed by atoms with E-state index in [0.29, 0.717) is 0 Å². The summed E-state index contributed by atoms with van der Waals surface area (Å²) in [5.74, 6) is 0.854. The fourth-order valence-electron chi connectivity index (χ4n) is 0.797. The van der Waals surface area contributed by atoms with Crippen LogP contribution in [0.15, 0.2) is 12.3 Å². The summed E-state index contributed by atoms with van der Waals surface area (Å²) in [4.78, 5) is 9.70. The summed E-state index contributed by atoms with van der Waals surface area (Å²) in [6.45, 7) is 5.84. The Bertz CT molecular complexity index is 202. The highest BCUT2D eigenvalue weighted by Gasteiger charge is 2.06. The van der Waals surface area contributed by atoms with E-state index in [0.717, 1.165) is 10.4 Å². The van der Waals surface area contributed by atoms with Crippen LogP contribution in [0.1, 0.15) is 20.3 Å². The highest BCUT2D eigenvalue weighted by Crippen LogP contribution is 2.02. The Kier molecular flexibility index (Phi) is 5.46. The molecule has 0 radical (unpaired) electrons. The van der Waals surface area contributed by atoms with Crippen LogP contribution >= 0.6 is 0 Å². The third-order valence-electron chi connectivity index (χ3n) is 1.84. The Morgan fingerprint density at radius 1 is 1.36 bits per heavy atom. The second kappa shape index (κ2) is 5.81. The van der Waals surface area contributed by atoms with Gasteiger partial charge in [-0.3, -0.25) is 4.79 Å². The van der Waals surface area contributed by atoms with Gasteiger partial charge in [0.15, 0.2) is 0 Å². The Morgan fingerprint density at radius 3 is 1.86 bits per heavy atom. The first-order chi connectivity index (χ1) is 6.31.